The van der Waals surface area contributed by atoms with Crippen molar-refractivity contribution < 1.29 is 9.50 Å². The summed E-state index contributed by atoms with van der Waals surface area (Å²) in [6.45, 7) is 3.88. The Morgan fingerprint density at radius 3 is 2.68 bits per heavy atom. The number of benzene rings is 1. The molecule has 0 fully saturated rings. The Hall–Kier alpha value is -2.10. The van der Waals surface area contributed by atoms with Crippen molar-refractivity contribution in [2.75, 3.05) is 5.32 Å². The van der Waals surface area contributed by atoms with Crippen LogP contribution in [-0.2, 0) is 0 Å². The Kier molecular flexibility index (Phi) is 4.00. The molecule has 19 heavy (non-hydrogen) atoms. The average molecular weight is 260 g/mol. The van der Waals surface area contributed by atoms with Crippen LogP contribution >= 0.6 is 0 Å². The van der Waals surface area contributed by atoms with Crippen molar-refractivity contribution in [3.8, 4) is 5.75 Å². The summed E-state index contributed by atoms with van der Waals surface area (Å²) in [5.74, 6) is -0.0578. The number of nitrogens with zero attached hydrogens (tertiary/aromatic N) is 1. The van der Waals surface area contributed by atoms with Gasteiger partial charge >= 0.3 is 0 Å². The van der Waals surface area contributed by atoms with Crippen molar-refractivity contribution >= 4 is 5.69 Å². The second kappa shape index (κ2) is 5.69. The van der Waals surface area contributed by atoms with Gasteiger partial charge in [0.05, 0.1) is 17.9 Å². The highest BCUT2D eigenvalue weighted by molar-refractivity contribution is 5.51. The van der Waals surface area contributed by atoms with E-state index < -0.39 is 0 Å². The van der Waals surface area contributed by atoms with Crippen LogP contribution in [0.3, 0.4) is 0 Å². The molecule has 0 aliphatic heterocycles. The van der Waals surface area contributed by atoms with Gasteiger partial charge in [0.15, 0.2) is 0 Å². The standard InChI is InChI=1S/C15H17FN2O/c1-3-13(14-6-4-11(16)9-17-14)18-12-5-7-15(19)10(2)8-12/h4-9,13,18-19H,3H2,1-2H3. The molecule has 2 rings (SSSR count). The van der Waals surface area contributed by atoms with Gasteiger partial charge in [0, 0.05) is 5.69 Å². The third-order valence-corrected chi connectivity index (χ3v) is 3.05. The van der Waals surface area contributed by atoms with Crippen molar-refractivity contribution in [2.45, 2.75) is 26.3 Å². The van der Waals surface area contributed by atoms with Crippen LogP contribution in [0.4, 0.5) is 10.1 Å². The molecule has 0 radical (unpaired) electrons. The molecule has 4 heteroatoms. The number of phenolic OH excluding ortho intramolecular Hbond substituents is 1. The average Bonchev–Trinajstić information content (AvgIpc) is 2.41. The van der Waals surface area contributed by atoms with E-state index in [-0.39, 0.29) is 17.6 Å². The second-order valence-corrected chi connectivity index (χ2v) is 4.51. The summed E-state index contributed by atoms with van der Waals surface area (Å²) in [6.07, 6.45) is 2.06. The Bertz CT molecular complexity index is 555. The van der Waals surface area contributed by atoms with Gasteiger partial charge in [-0.1, -0.05) is 6.92 Å². The van der Waals surface area contributed by atoms with E-state index in [4.69, 9.17) is 0 Å². The lowest BCUT2D eigenvalue weighted by molar-refractivity contribution is 0.471. The van der Waals surface area contributed by atoms with Crippen molar-refractivity contribution in [3.63, 3.8) is 0 Å². The Morgan fingerprint density at radius 1 is 1.32 bits per heavy atom. The summed E-state index contributed by atoms with van der Waals surface area (Å²) >= 11 is 0. The maximum absolute atomic E-state index is 12.9. The number of hydrogen-bond donors (Lipinski definition) is 2. The summed E-state index contributed by atoms with van der Waals surface area (Å²) in [5.41, 5.74) is 2.52. The van der Waals surface area contributed by atoms with E-state index in [2.05, 4.69) is 10.3 Å². The van der Waals surface area contributed by atoms with Crippen molar-refractivity contribution in [1.82, 2.24) is 4.98 Å². The summed E-state index contributed by atoms with van der Waals surface area (Å²) in [7, 11) is 0. The molecule has 0 aliphatic rings. The molecule has 2 aromatic rings. The van der Waals surface area contributed by atoms with Crippen molar-refractivity contribution in [2.24, 2.45) is 0 Å². The maximum atomic E-state index is 12.9. The Morgan fingerprint density at radius 2 is 2.11 bits per heavy atom. The summed E-state index contributed by atoms with van der Waals surface area (Å²) < 4.78 is 12.9. The van der Waals surface area contributed by atoms with Crippen LogP contribution in [0.25, 0.3) is 0 Å². The maximum Gasteiger partial charge on any atom is 0.141 e. The number of nitrogens with one attached hydrogen (secondary N) is 1. The highest BCUT2D eigenvalue weighted by Gasteiger charge is 2.11. The van der Waals surface area contributed by atoms with Gasteiger partial charge < -0.3 is 10.4 Å². The van der Waals surface area contributed by atoms with Gasteiger partial charge in [-0.15, -0.1) is 0 Å². The zero-order valence-electron chi connectivity index (χ0n) is 11.0. The predicted molar refractivity (Wildman–Crippen MR) is 73.7 cm³/mol. The fraction of sp³-hybridized carbons (Fsp3) is 0.267. The lowest BCUT2D eigenvalue weighted by Crippen LogP contribution is -2.11. The van der Waals surface area contributed by atoms with Crippen LogP contribution in [-0.4, -0.2) is 10.1 Å². The summed E-state index contributed by atoms with van der Waals surface area (Å²) in [5, 5.41) is 12.8. The third kappa shape index (κ3) is 3.22. The number of aryl methyl sites for hydroxylation is 1. The molecule has 1 heterocycles. The van der Waals surface area contributed by atoms with E-state index in [0.717, 1.165) is 23.4 Å². The van der Waals surface area contributed by atoms with Gasteiger partial charge in [-0.3, -0.25) is 4.98 Å². The summed E-state index contributed by atoms with van der Waals surface area (Å²) in [4.78, 5) is 4.10. The monoisotopic (exact) mass is 260 g/mol. The molecule has 1 atom stereocenters. The van der Waals surface area contributed by atoms with Gasteiger partial charge in [-0.2, -0.15) is 0 Å². The molecule has 3 nitrogen and oxygen atoms in total. The SMILES string of the molecule is CCC(Nc1ccc(O)c(C)c1)c1ccc(F)cn1. The van der Waals surface area contributed by atoms with Crippen LogP contribution in [0.1, 0.15) is 30.6 Å². The quantitative estimate of drug-likeness (QED) is 0.822. The highest BCUT2D eigenvalue weighted by Crippen LogP contribution is 2.25. The zero-order chi connectivity index (χ0) is 13.8. The van der Waals surface area contributed by atoms with Crippen LogP contribution in [0, 0.1) is 12.7 Å². The zero-order valence-corrected chi connectivity index (χ0v) is 11.0. The minimum Gasteiger partial charge on any atom is -0.508 e. The molecule has 100 valence electrons. The Labute approximate surface area is 112 Å². The highest BCUT2D eigenvalue weighted by atomic mass is 19.1. The van der Waals surface area contributed by atoms with Gasteiger partial charge in [-0.25, -0.2) is 4.39 Å². The van der Waals surface area contributed by atoms with E-state index in [9.17, 15) is 9.50 Å². The molecule has 1 aromatic carbocycles. The molecule has 0 saturated carbocycles. The molecule has 0 spiro atoms. The number of rotatable bonds is 4. The van der Waals surface area contributed by atoms with Gasteiger partial charge in [0.25, 0.3) is 0 Å². The molecule has 1 unspecified atom stereocenters. The van der Waals surface area contributed by atoms with E-state index >= 15 is 0 Å². The number of pyridine rings is 1. The molecule has 0 aliphatic carbocycles. The first kappa shape index (κ1) is 13.3. The molecule has 0 amide bonds. The van der Waals surface area contributed by atoms with E-state index in [1.165, 1.54) is 12.3 Å². The molecule has 0 bridgehead atoms. The number of aromatic nitrogens is 1. The second-order valence-electron chi connectivity index (χ2n) is 4.51. The smallest absolute Gasteiger partial charge is 0.141 e. The lowest BCUT2D eigenvalue weighted by Gasteiger charge is -2.18. The molecular formula is C15H17FN2O. The number of phenols is 1. The minimum atomic E-state index is -0.334. The largest absolute Gasteiger partial charge is 0.508 e. The molecular weight excluding hydrogens is 243 g/mol. The first-order valence-electron chi connectivity index (χ1n) is 6.27. The van der Waals surface area contributed by atoms with E-state index in [1.54, 1.807) is 12.1 Å². The number of aromatic hydroxyl groups is 1. The number of halogens is 1. The molecule has 0 saturated heterocycles. The molecule has 2 N–H and O–H groups in total. The minimum absolute atomic E-state index is 0.0181. The predicted octanol–water partition coefficient (Wildman–Crippen LogP) is 3.80. The molecule has 1 aromatic heterocycles. The van der Waals surface area contributed by atoms with Crippen LogP contribution in [0.5, 0.6) is 5.75 Å². The number of anilines is 1. The van der Waals surface area contributed by atoms with Crippen LogP contribution in [0.2, 0.25) is 0 Å². The van der Waals surface area contributed by atoms with Crippen molar-refractivity contribution in [3.05, 3.63) is 53.6 Å². The first-order valence-corrected chi connectivity index (χ1v) is 6.27. The van der Waals surface area contributed by atoms with E-state index in [1.807, 2.05) is 26.0 Å². The topological polar surface area (TPSA) is 45.1 Å². The third-order valence-electron chi connectivity index (χ3n) is 3.05. The van der Waals surface area contributed by atoms with Gasteiger partial charge in [0.1, 0.15) is 11.6 Å². The Balaban J connectivity index is 2.18. The van der Waals surface area contributed by atoms with Crippen LogP contribution < -0.4 is 5.32 Å². The fourth-order valence-electron chi connectivity index (χ4n) is 1.92. The number of hydrogen-bond acceptors (Lipinski definition) is 3. The normalized spacial score (nSPS) is 12.2. The van der Waals surface area contributed by atoms with E-state index in [0.29, 0.717) is 0 Å². The van der Waals surface area contributed by atoms with Gasteiger partial charge in [-0.05, 0) is 49.2 Å². The fourth-order valence-corrected chi connectivity index (χ4v) is 1.92. The lowest BCUT2D eigenvalue weighted by atomic mass is 10.1. The van der Waals surface area contributed by atoms with Gasteiger partial charge in [0.2, 0.25) is 0 Å². The summed E-state index contributed by atoms with van der Waals surface area (Å²) in [6, 6.07) is 8.46. The van der Waals surface area contributed by atoms with Crippen molar-refractivity contribution in [1.29, 1.82) is 0 Å². The first-order chi connectivity index (χ1) is 9.10. The van der Waals surface area contributed by atoms with Crippen LogP contribution in [0.15, 0.2) is 36.5 Å².